The minimum absolute atomic E-state index is 0.204. The lowest BCUT2D eigenvalue weighted by Crippen LogP contribution is -2.48. The van der Waals surface area contributed by atoms with Crippen molar-refractivity contribution in [3.63, 3.8) is 0 Å². The van der Waals surface area contributed by atoms with E-state index in [1.807, 2.05) is 18.2 Å². The number of aryl methyl sites for hydroxylation is 1. The molecule has 3 nitrogen and oxygen atoms in total. The molecule has 2 aliphatic rings. The van der Waals surface area contributed by atoms with E-state index in [4.69, 9.17) is 0 Å². The molecule has 0 saturated carbocycles. The molecule has 2 aliphatic heterocycles. The lowest BCUT2D eigenvalue weighted by Gasteiger charge is -2.29. The fraction of sp³-hybridized carbons (Fsp3) is 0.562. The molecule has 2 N–H and O–H groups in total. The van der Waals surface area contributed by atoms with Gasteiger partial charge in [0.15, 0.2) is 0 Å². The van der Waals surface area contributed by atoms with Crippen molar-refractivity contribution in [2.45, 2.75) is 56.7 Å². The lowest BCUT2D eigenvalue weighted by atomic mass is 9.99. The number of fused-ring (bicyclic) bond motifs is 2. The molecular formula is C16H22N2O. The van der Waals surface area contributed by atoms with E-state index in [1.54, 1.807) is 0 Å². The number of benzene rings is 1. The van der Waals surface area contributed by atoms with Gasteiger partial charge in [-0.1, -0.05) is 30.3 Å². The number of hydrogen-bond donors (Lipinski definition) is 2. The van der Waals surface area contributed by atoms with Crippen molar-refractivity contribution in [3.8, 4) is 0 Å². The van der Waals surface area contributed by atoms with Crippen LogP contribution in [0.4, 0.5) is 0 Å². The lowest BCUT2D eigenvalue weighted by molar-refractivity contribution is -0.122. The van der Waals surface area contributed by atoms with Gasteiger partial charge in [0.2, 0.25) is 5.91 Å². The summed E-state index contributed by atoms with van der Waals surface area (Å²) in [5.41, 5.74) is 1.24. The van der Waals surface area contributed by atoms with E-state index in [9.17, 15) is 4.79 Å². The van der Waals surface area contributed by atoms with Crippen molar-refractivity contribution in [2.24, 2.45) is 0 Å². The standard InChI is InChI=1S/C16H22N2O/c19-16(9-6-12-4-2-1-3-5-12)18-15-10-13-7-8-14(11-15)17-13/h1-5,13-15,17H,6-11H2,(H,18,19). The third-order valence-electron chi connectivity index (χ3n) is 4.32. The van der Waals surface area contributed by atoms with Crippen LogP contribution in [0.25, 0.3) is 0 Å². The largest absolute Gasteiger partial charge is 0.353 e. The first kappa shape index (κ1) is 12.7. The highest BCUT2D eigenvalue weighted by atomic mass is 16.1. The highest BCUT2D eigenvalue weighted by Crippen LogP contribution is 2.26. The Balaban J connectivity index is 1.44. The Bertz CT molecular complexity index is 420. The number of nitrogens with one attached hydrogen (secondary N) is 2. The van der Waals surface area contributed by atoms with E-state index < -0.39 is 0 Å². The number of carbonyl (C=O) groups excluding carboxylic acids is 1. The fourth-order valence-electron chi connectivity index (χ4n) is 3.38. The minimum Gasteiger partial charge on any atom is -0.353 e. The minimum atomic E-state index is 0.204. The van der Waals surface area contributed by atoms with Crippen LogP contribution in [0.5, 0.6) is 0 Å². The van der Waals surface area contributed by atoms with Crippen molar-refractivity contribution >= 4 is 5.91 Å². The second-order valence-electron chi connectivity index (χ2n) is 5.86. The van der Waals surface area contributed by atoms with Crippen molar-refractivity contribution in [1.29, 1.82) is 0 Å². The molecule has 1 aromatic carbocycles. The van der Waals surface area contributed by atoms with Gasteiger partial charge in [-0.2, -0.15) is 0 Å². The second-order valence-corrected chi connectivity index (χ2v) is 5.86. The molecule has 1 amide bonds. The highest BCUT2D eigenvalue weighted by molar-refractivity contribution is 5.76. The van der Waals surface area contributed by atoms with Crippen LogP contribution in [0, 0.1) is 0 Å². The molecule has 0 spiro atoms. The van der Waals surface area contributed by atoms with Crippen LogP contribution < -0.4 is 10.6 Å². The first-order chi connectivity index (χ1) is 9.29. The first-order valence-electron chi connectivity index (χ1n) is 7.39. The van der Waals surface area contributed by atoms with E-state index in [1.165, 1.54) is 18.4 Å². The predicted octanol–water partition coefficient (Wildman–Crippen LogP) is 2.02. The van der Waals surface area contributed by atoms with Gasteiger partial charge < -0.3 is 10.6 Å². The summed E-state index contributed by atoms with van der Waals surface area (Å²) in [5, 5.41) is 6.81. The van der Waals surface area contributed by atoms with Crippen LogP contribution in [0.15, 0.2) is 30.3 Å². The molecule has 2 fully saturated rings. The van der Waals surface area contributed by atoms with E-state index >= 15 is 0 Å². The maximum Gasteiger partial charge on any atom is 0.220 e. The van der Waals surface area contributed by atoms with Crippen molar-refractivity contribution < 1.29 is 4.79 Å². The summed E-state index contributed by atoms with van der Waals surface area (Å²) in [6.07, 6.45) is 6.21. The van der Waals surface area contributed by atoms with Crippen molar-refractivity contribution in [2.75, 3.05) is 0 Å². The Kier molecular flexibility index (Phi) is 3.83. The number of piperidine rings is 1. The van der Waals surface area contributed by atoms with Gasteiger partial charge in [0, 0.05) is 24.5 Å². The zero-order valence-electron chi connectivity index (χ0n) is 11.3. The third-order valence-corrected chi connectivity index (χ3v) is 4.32. The van der Waals surface area contributed by atoms with Gasteiger partial charge in [0.1, 0.15) is 0 Å². The summed E-state index contributed by atoms with van der Waals surface area (Å²) < 4.78 is 0. The maximum atomic E-state index is 12.0. The molecule has 2 saturated heterocycles. The Morgan fingerprint density at radius 3 is 2.53 bits per heavy atom. The smallest absolute Gasteiger partial charge is 0.220 e. The van der Waals surface area contributed by atoms with E-state index in [-0.39, 0.29) is 5.91 Å². The van der Waals surface area contributed by atoms with E-state index in [0.717, 1.165) is 19.3 Å². The van der Waals surface area contributed by atoms with Gasteiger partial charge in [-0.05, 0) is 37.7 Å². The summed E-state index contributed by atoms with van der Waals surface area (Å²) in [6, 6.07) is 11.9. The van der Waals surface area contributed by atoms with Gasteiger partial charge in [0.25, 0.3) is 0 Å². The average molecular weight is 258 g/mol. The quantitative estimate of drug-likeness (QED) is 0.867. The second kappa shape index (κ2) is 5.74. The third kappa shape index (κ3) is 3.35. The SMILES string of the molecule is O=C(CCc1ccccc1)NC1CC2CCC(C1)N2. The first-order valence-corrected chi connectivity index (χ1v) is 7.39. The summed E-state index contributed by atoms with van der Waals surface area (Å²) in [4.78, 5) is 12.0. The Morgan fingerprint density at radius 2 is 1.84 bits per heavy atom. The molecule has 0 radical (unpaired) electrons. The molecule has 3 heteroatoms. The molecule has 2 bridgehead atoms. The molecule has 2 unspecified atom stereocenters. The van der Waals surface area contributed by atoms with Gasteiger partial charge in [0.05, 0.1) is 0 Å². The molecule has 102 valence electrons. The molecule has 0 aliphatic carbocycles. The van der Waals surface area contributed by atoms with Crippen LogP contribution in [-0.2, 0) is 11.2 Å². The Labute approximate surface area is 114 Å². The van der Waals surface area contributed by atoms with Gasteiger partial charge >= 0.3 is 0 Å². The fourth-order valence-corrected chi connectivity index (χ4v) is 3.38. The van der Waals surface area contributed by atoms with Crippen LogP contribution in [0.3, 0.4) is 0 Å². The summed E-state index contributed by atoms with van der Waals surface area (Å²) >= 11 is 0. The average Bonchev–Trinajstić information content (AvgIpc) is 2.77. The Morgan fingerprint density at radius 1 is 1.16 bits per heavy atom. The zero-order chi connectivity index (χ0) is 13.1. The summed E-state index contributed by atoms with van der Waals surface area (Å²) in [7, 11) is 0. The molecule has 2 heterocycles. The Hall–Kier alpha value is -1.35. The molecule has 2 atom stereocenters. The predicted molar refractivity (Wildman–Crippen MR) is 75.9 cm³/mol. The van der Waals surface area contributed by atoms with Crippen LogP contribution in [0.1, 0.15) is 37.7 Å². The van der Waals surface area contributed by atoms with Crippen LogP contribution in [-0.4, -0.2) is 24.0 Å². The normalized spacial score (nSPS) is 29.2. The van der Waals surface area contributed by atoms with Crippen LogP contribution >= 0.6 is 0 Å². The van der Waals surface area contributed by atoms with Crippen LogP contribution in [0.2, 0.25) is 0 Å². The monoisotopic (exact) mass is 258 g/mol. The number of amides is 1. The topological polar surface area (TPSA) is 41.1 Å². The maximum absolute atomic E-state index is 12.0. The number of hydrogen-bond acceptors (Lipinski definition) is 2. The number of rotatable bonds is 4. The molecule has 19 heavy (non-hydrogen) atoms. The number of carbonyl (C=O) groups is 1. The van der Waals surface area contributed by atoms with Gasteiger partial charge in [-0.3, -0.25) is 4.79 Å². The molecule has 0 aromatic heterocycles. The van der Waals surface area contributed by atoms with Crippen molar-refractivity contribution in [1.82, 2.24) is 10.6 Å². The van der Waals surface area contributed by atoms with Gasteiger partial charge in [-0.15, -0.1) is 0 Å². The van der Waals surface area contributed by atoms with E-state index in [2.05, 4.69) is 22.8 Å². The summed E-state index contributed by atoms with van der Waals surface area (Å²) in [5.74, 6) is 0.204. The van der Waals surface area contributed by atoms with Gasteiger partial charge in [-0.25, -0.2) is 0 Å². The summed E-state index contributed by atoms with van der Waals surface area (Å²) in [6.45, 7) is 0. The highest BCUT2D eigenvalue weighted by Gasteiger charge is 2.33. The molecule has 1 aromatic rings. The van der Waals surface area contributed by atoms with E-state index in [0.29, 0.717) is 24.5 Å². The molecular weight excluding hydrogens is 236 g/mol. The molecule has 3 rings (SSSR count). The van der Waals surface area contributed by atoms with Crippen molar-refractivity contribution in [3.05, 3.63) is 35.9 Å². The zero-order valence-corrected chi connectivity index (χ0v) is 11.3.